The second-order valence-electron chi connectivity index (χ2n) is 6.92. The minimum absolute atomic E-state index is 0.0873. The SMILES string of the molecule is CCCCCCCC(Oc1ccc(C(C)(C)C)cc1)C(=O)O. The van der Waals surface area contributed by atoms with E-state index in [-0.39, 0.29) is 5.41 Å². The number of carboxylic acid groups (broad SMARTS) is 1. The molecule has 1 aromatic rings. The normalized spacial score (nSPS) is 12.9. The Labute approximate surface area is 134 Å². The maximum atomic E-state index is 11.3. The molecule has 124 valence electrons. The molecule has 0 aliphatic heterocycles. The van der Waals surface area contributed by atoms with Gasteiger partial charge >= 0.3 is 5.97 Å². The average molecular weight is 306 g/mol. The average Bonchev–Trinajstić information content (AvgIpc) is 2.45. The summed E-state index contributed by atoms with van der Waals surface area (Å²) in [6.45, 7) is 8.63. The number of carboxylic acids is 1. The van der Waals surface area contributed by atoms with Crippen LogP contribution in [0.4, 0.5) is 0 Å². The first-order chi connectivity index (χ1) is 10.3. The molecule has 0 fully saturated rings. The fraction of sp³-hybridized carbons (Fsp3) is 0.632. The number of hydrogen-bond acceptors (Lipinski definition) is 2. The lowest BCUT2D eigenvalue weighted by molar-refractivity contribution is -0.145. The highest BCUT2D eigenvalue weighted by atomic mass is 16.5. The van der Waals surface area contributed by atoms with Crippen molar-refractivity contribution in [2.45, 2.75) is 77.7 Å². The van der Waals surface area contributed by atoms with Crippen LogP contribution in [0.3, 0.4) is 0 Å². The van der Waals surface area contributed by atoms with Gasteiger partial charge in [-0.25, -0.2) is 4.79 Å². The van der Waals surface area contributed by atoms with Crippen LogP contribution in [0, 0.1) is 0 Å². The molecule has 1 aromatic carbocycles. The zero-order valence-electron chi connectivity index (χ0n) is 14.4. The lowest BCUT2D eigenvalue weighted by Gasteiger charge is -2.20. The molecule has 1 N–H and O–H groups in total. The van der Waals surface area contributed by atoms with Gasteiger partial charge in [0.15, 0.2) is 6.10 Å². The van der Waals surface area contributed by atoms with E-state index in [1.54, 1.807) is 0 Å². The van der Waals surface area contributed by atoms with Crippen molar-refractivity contribution in [2.24, 2.45) is 0 Å². The monoisotopic (exact) mass is 306 g/mol. The van der Waals surface area contributed by atoms with E-state index in [9.17, 15) is 9.90 Å². The van der Waals surface area contributed by atoms with Crippen LogP contribution in [0.2, 0.25) is 0 Å². The van der Waals surface area contributed by atoms with Crippen LogP contribution in [0.15, 0.2) is 24.3 Å². The number of hydrogen-bond donors (Lipinski definition) is 1. The number of unbranched alkanes of at least 4 members (excludes halogenated alkanes) is 4. The summed E-state index contributed by atoms with van der Waals surface area (Å²) in [5, 5.41) is 9.30. The Kier molecular flexibility index (Phi) is 7.43. The van der Waals surface area contributed by atoms with Gasteiger partial charge in [-0.05, 0) is 36.0 Å². The summed E-state index contributed by atoms with van der Waals surface area (Å²) in [6, 6.07) is 7.76. The summed E-state index contributed by atoms with van der Waals surface area (Å²) in [4.78, 5) is 11.3. The van der Waals surface area contributed by atoms with Gasteiger partial charge in [-0.15, -0.1) is 0 Å². The van der Waals surface area contributed by atoms with Crippen LogP contribution in [-0.4, -0.2) is 17.2 Å². The van der Waals surface area contributed by atoms with E-state index in [0.29, 0.717) is 12.2 Å². The summed E-state index contributed by atoms with van der Waals surface area (Å²) in [7, 11) is 0. The number of carbonyl (C=O) groups is 1. The van der Waals surface area contributed by atoms with Gasteiger partial charge in [-0.2, -0.15) is 0 Å². The van der Waals surface area contributed by atoms with Crippen molar-refractivity contribution in [3.63, 3.8) is 0 Å². The van der Waals surface area contributed by atoms with Crippen molar-refractivity contribution in [1.29, 1.82) is 0 Å². The van der Waals surface area contributed by atoms with E-state index < -0.39 is 12.1 Å². The van der Waals surface area contributed by atoms with E-state index >= 15 is 0 Å². The number of benzene rings is 1. The molecule has 0 amide bonds. The first-order valence-electron chi connectivity index (χ1n) is 8.34. The van der Waals surface area contributed by atoms with Gasteiger partial charge in [0.2, 0.25) is 0 Å². The molecule has 1 unspecified atom stereocenters. The maximum absolute atomic E-state index is 11.3. The summed E-state index contributed by atoms with van der Waals surface area (Å²) in [6.07, 6.45) is 5.37. The van der Waals surface area contributed by atoms with Crippen molar-refractivity contribution in [1.82, 2.24) is 0 Å². The Balaban J connectivity index is 2.54. The van der Waals surface area contributed by atoms with Gasteiger partial charge in [-0.1, -0.05) is 65.5 Å². The molecule has 0 aliphatic rings. The van der Waals surface area contributed by atoms with Crippen molar-refractivity contribution >= 4 is 5.97 Å². The van der Waals surface area contributed by atoms with Gasteiger partial charge in [0.1, 0.15) is 5.75 Å². The highest BCUT2D eigenvalue weighted by Gasteiger charge is 2.19. The van der Waals surface area contributed by atoms with Crippen molar-refractivity contribution in [2.75, 3.05) is 0 Å². The highest BCUT2D eigenvalue weighted by molar-refractivity contribution is 5.72. The van der Waals surface area contributed by atoms with Crippen molar-refractivity contribution < 1.29 is 14.6 Å². The molecule has 0 aromatic heterocycles. The molecule has 0 spiro atoms. The van der Waals surface area contributed by atoms with Gasteiger partial charge in [0.25, 0.3) is 0 Å². The zero-order chi connectivity index (χ0) is 16.6. The maximum Gasteiger partial charge on any atom is 0.344 e. The lowest BCUT2D eigenvalue weighted by atomic mass is 9.87. The van der Waals surface area contributed by atoms with E-state index in [1.807, 2.05) is 24.3 Å². The third-order valence-electron chi connectivity index (χ3n) is 3.84. The second-order valence-corrected chi connectivity index (χ2v) is 6.92. The fourth-order valence-corrected chi connectivity index (χ4v) is 2.36. The van der Waals surface area contributed by atoms with Gasteiger partial charge in [-0.3, -0.25) is 0 Å². The Morgan fingerprint density at radius 2 is 1.68 bits per heavy atom. The largest absolute Gasteiger partial charge is 0.479 e. The van der Waals surface area contributed by atoms with Crippen molar-refractivity contribution in [3.05, 3.63) is 29.8 Å². The molecule has 3 nitrogen and oxygen atoms in total. The minimum atomic E-state index is -0.879. The summed E-state index contributed by atoms with van der Waals surface area (Å²) < 4.78 is 5.65. The molecule has 3 heteroatoms. The topological polar surface area (TPSA) is 46.5 Å². The molecule has 0 saturated heterocycles. The zero-order valence-corrected chi connectivity index (χ0v) is 14.4. The predicted molar refractivity (Wildman–Crippen MR) is 90.6 cm³/mol. The van der Waals surface area contributed by atoms with Crippen molar-refractivity contribution in [3.8, 4) is 5.75 Å². The molecular formula is C19H30O3. The van der Waals surface area contributed by atoms with Gasteiger partial charge in [0, 0.05) is 0 Å². The fourth-order valence-electron chi connectivity index (χ4n) is 2.36. The molecule has 22 heavy (non-hydrogen) atoms. The van der Waals surface area contributed by atoms with Gasteiger partial charge in [0.05, 0.1) is 0 Å². The summed E-state index contributed by atoms with van der Waals surface area (Å²) >= 11 is 0. The van der Waals surface area contributed by atoms with Crippen LogP contribution in [-0.2, 0) is 10.2 Å². The third kappa shape index (κ3) is 6.50. The smallest absolute Gasteiger partial charge is 0.344 e. The quantitative estimate of drug-likeness (QED) is 0.640. The number of rotatable bonds is 9. The first kappa shape index (κ1) is 18.5. The Morgan fingerprint density at radius 3 is 2.18 bits per heavy atom. The molecule has 0 bridgehead atoms. The molecule has 0 radical (unpaired) electrons. The molecule has 0 aliphatic carbocycles. The molecule has 0 heterocycles. The Bertz CT molecular complexity index is 443. The molecular weight excluding hydrogens is 276 g/mol. The summed E-state index contributed by atoms with van der Waals surface area (Å²) in [5.74, 6) is -0.246. The van der Waals surface area contributed by atoms with E-state index in [4.69, 9.17) is 4.74 Å². The molecule has 0 saturated carbocycles. The van der Waals surface area contributed by atoms with Crippen LogP contribution < -0.4 is 4.74 Å². The Hall–Kier alpha value is -1.51. The number of aliphatic carboxylic acids is 1. The third-order valence-corrected chi connectivity index (χ3v) is 3.84. The van der Waals surface area contributed by atoms with Gasteiger partial charge < -0.3 is 9.84 Å². The number of ether oxygens (including phenoxy) is 1. The first-order valence-corrected chi connectivity index (χ1v) is 8.34. The molecule has 1 rings (SSSR count). The van der Waals surface area contributed by atoms with E-state index in [1.165, 1.54) is 24.8 Å². The minimum Gasteiger partial charge on any atom is -0.479 e. The second kappa shape index (κ2) is 8.82. The summed E-state index contributed by atoms with van der Waals surface area (Å²) in [5.41, 5.74) is 1.30. The highest BCUT2D eigenvalue weighted by Crippen LogP contribution is 2.25. The van der Waals surface area contributed by atoms with Crippen LogP contribution in [0.5, 0.6) is 5.75 Å². The standard InChI is InChI=1S/C19H30O3/c1-5-6-7-8-9-10-17(18(20)21)22-16-13-11-15(12-14-16)19(2,3)4/h11-14,17H,5-10H2,1-4H3,(H,20,21). The lowest BCUT2D eigenvalue weighted by Crippen LogP contribution is -2.27. The van der Waals surface area contributed by atoms with Crippen LogP contribution >= 0.6 is 0 Å². The van der Waals surface area contributed by atoms with Crippen LogP contribution in [0.25, 0.3) is 0 Å². The van der Waals surface area contributed by atoms with Crippen LogP contribution in [0.1, 0.15) is 71.8 Å². The molecule has 1 atom stereocenters. The predicted octanol–water partition coefficient (Wildman–Crippen LogP) is 5.18. The van der Waals surface area contributed by atoms with E-state index in [2.05, 4.69) is 27.7 Å². The van der Waals surface area contributed by atoms with E-state index in [0.717, 1.165) is 12.8 Å². The Morgan fingerprint density at radius 1 is 1.09 bits per heavy atom.